The van der Waals surface area contributed by atoms with Crippen LogP contribution in [0.5, 0.6) is 0 Å². The Balaban J connectivity index is 2.74. The van der Waals surface area contributed by atoms with Crippen molar-refractivity contribution >= 4 is 23.9 Å². The molecule has 1 heterocycles. The molecule has 236 valence electrons. The summed E-state index contributed by atoms with van der Waals surface area (Å²) in [5.41, 5.74) is -1.89. The summed E-state index contributed by atoms with van der Waals surface area (Å²) in [6.45, 7) is 22.1. The van der Waals surface area contributed by atoms with Crippen molar-refractivity contribution in [3.63, 3.8) is 0 Å². The molecule has 0 spiro atoms. The van der Waals surface area contributed by atoms with Crippen LogP contribution in [0, 0.1) is 28.6 Å². The molecule has 0 N–H and O–H groups in total. The van der Waals surface area contributed by atoms with E-state index in [0.29, 0.717) is 5.56 Å². The Bertz CT molecular complexity index is 1120. The van der Waals surface area contributed by atoms with E-state index in [1.807, 2.05) is 31.2 Å². The topological polar surface area (TPSA) is 114 Å². The zero-order valence-electron chi connectivity index (χ0n) is 27.6. The fourth-order valence-corrected chi connectivity index (χ4v) is 3.75. The third-order valence-electron chi connectivity index (χ3n) is 6.60. The highest BCUT2D eigenvalue weighted by Gasteiger charge is 2.54. The minimum Gasteiger partial charge on any atom is -0.462 e. The lowest BCUT2D eigenvalue weighted by Crippen LogP contribution is -2.61. The first-order valence-electron chi connectivity index (χ1n) is 14.5. The van der Waals surface area contributed by atoms with E-state index in [1.165, 1.54) is 0 Å². The number of esters is 4. The van der Waals surface area contributed by atoms with Gasteiger partial charge in [-0.1, -0.05) is 29.8 Å². The normalized spacial score (nSPS) is 23.5. The van der Waals surface area contributed by atoms with E-state index < -0.39 is 76.1 Å². The van der Waals surface area contributed by atoms with E-state index in [-0.39, 0.29) is 6.61 Å². The lowest BCUT2D eigenvalue weighted by Gasteiger charge is -2.46. The number of carbonyl (C=O) groups is 4. The fraction of sp³-hybridized carbons (Fsp3) is 0.697. The molecule has 9 nitrogen and oxygen atoms in total. The summed E-state index contributed by atoms with van der Waals surface area (Å²) in [5, 5.41) is 0. The van der Waals surface area contributed by atoms with Crippen molar-refractivity contribution in [3.8, 4) is 0 Å². The second-order valence-corrected chi connectivity index (χ2v) is 15.2. The number of hydrogen-bond donors (Lipinski definition) is 0. The monoisotopic (exact) mass is 590 g/mol. The average molecular weight is 591 g/mol. The smallest absolute Gasteiger partial charge is 0.311 e. The molecule has 0 aromatic heterocycles. The minimum atomic E-state index is -1.27. The lowest BCUT2D eigenvalue weighted by molar-refractivity contribution is -0.262. The Morgan fingerprint density at radius 1 is 0.595 bits per heavy atom. The van der Waals surface area contributed by atoms with E-state index in [4.69, 9.17) is 23.7 Å². The molecule has 0 amide bonds. The van der Waals surface area contributed by atoms with Gasteiger partial charge in [0.2, 0.25) is 0 Å². The van der Waals surface area contributed by atoms with Crippen LogP contribution in [-0.4, -0.2) is 54.9 Å². The zero-order chi connectivity index (χ0) is 32.4. The Morgan fingerprint density at radius 3 is 1.38 bits per heavy atom. The molecular weight excluding hydrogens is 540 g/mol. The van der Waals surface area contributed by atoms with Gasteiger partial charge in [-0.15, -0.1) is 0 Å². The Labute approximate surface area is 250 Å². The Kier molecular flexibility index (Phi) is 10.7. The van der Waals surface area contributed by atoms with E-state index >= 15 is 0 Å². The molecule has 42 heavy (non-hydrogen) atoms. The summed E-state index contributed by atoms with van der Waals surface area (Å²) in [4.78, 5) is 52.6. The summed E-state index contributed by atoms with van der Waals surface area (Å²) in [6, 6.07) is 7.44. The van der Waals surface area contributed by atoms with Crippen molar-refractivity contribution in [2.24, 2.45) is 21.7 Å². The molecule has 5 atom stereocenters. The maximum atomic E-state index is 13.4. The van der Waals surface area contributed by atoms with Crippen molar-refractivity contribution in [1.82, 2.24) is 0 Å². The third kappa shape index (κ3) is 9.28. The summed E-state index contributed by atoms with van der Waals surface area (Å²) in [7, 11) is 0. The highest BCUT2D eigenvalue weighted by molar-refractivity contribution is 5.78. The van der Waals surface area contributed by atoms with Gasteiger partial charge in [-0.05, 0) is 95.6 Å². The van der Waals surface area contributed by atoms with E-state index in [0.717, 1.165) is 5.56 Å². The predicted octanol–water partition coefficient (Wildman–Crippen LogP) is 5.90. The number of benzene rings is 1. The summed E-state index contributed by atoms with van der Waals surface area (Å²) >= 11 is 0. The molecule has 2 rings (SSSR count). The highest BCUT2D eigenvalue weighted by Crippen LogP contribution is 2.40. The molecule has 0 bridgehead atoms. The van der Waals surface area contributed by atoms with Crippen molar-refractivity contribution < 1.29 is 42.9 Å². The first-order valence-corrected chi connectivity index (χ1v) is 14.5. The van der Waals surface area contributed by atoms with Crippen LogP contribution in [-0.2, 0) is 42.9 Å². The predicted molar refractivity (Wildman–Crippen MR) is 157 cm³/mol. The lowest BCUT2D eigenvalue weighted by atomic mass is 9.88. The Hall–Kier alpha value is -2.94. The second-order valence-electron chi connectivity index (χ2n) is 15.2. The summed E-state index contributed by atoms with van der Waals surface area (Å²) < 4.78 is 30.3. The molecule has 1 aromatic carbocycles. The molecule has 1 aromatic rings. The van der Waals surface area contributed by atoms with Crippen molar-refractivity contribution in [2.75, 3.05) is 6.61 Å². The van der Waals surface area contributed by atoms with Crippen LogP contribution in [0.1, 0.15) is 100 Å². The van der Waals surface area contributed by atoms with Crippen molar-refractivity contribution in [1.29, 1.82) is 0 Å². The van der Waals surface area contributed by atoms with Crippen LogP contribution >= 0.6 is 0 Å². The first kappa shape index (κ1) is 35.3. The average Bonchev–Trinajstić information content (AvgIpc) is 2.82. The zero-order valence-corrected chi connectivity index (χ0v) is 27.6. The van der Waals surface area contributed by atoms with Crippen LogP contribution in [0.2, 0.25) is 0 Å². The number of ether oxygens (including phenoxy) is 5. The minimum absolute atomic E-state index is 0.288. The van der Waals surface area contributed by atoms with Gasteiger partial charge in [0.05, 0.1) is 21.7 Å². The van der Waals surface area contributed by atoms with Crippen LogP contribution in [0.25, 0.3) is 0 Å². The van der Waals surface area contributed by atoms with E-state index in [9.17, 15) is 19.2 Å². The van der Waals surface area contributed by atoms with Gasteiger partial charge < -0.3 is 23.7 Å². The molecular formula is C33H50O9. The van der Waals surface area contributed by atoms with Crippen molar-refractivity contribution in [3.05, 3.63) is 35.4 Å². The fourth-order valence-electron chi connectivity index (χ4n) is 3.75. The largest absolute Gasteiger partial charge is 0.462 e. The SMILES string of the molecule is Cc1ccc([C@@H]2O[C@H](COC(=O)C(C)(C)C)[C@@H](OC(=O)C(C)(C)C)[C@H](OC(=O)C(C)(C)C)[C@H]2OC(=O)C(C)(C)C)cc1. The van der Waals surface area contributed by atoms with Gasteiger partial charge >= 0.3 is 23.9 Å². The Morgan fingerprint density at radius 2 is 0.976 bits per heavy atom. The first-order chi connectivity index (χ1) is 18.9. The highest BCUT2D eigenvalue weighted by atomic mass is 16.7. The van der Waals surface area contributed by atoms with Gasteiger partial charge in [0.1, 0.15) is 18.8 Å². The molecule has 0 radical (unpaired) electrons. The third-order valence-corrected chi connectivity index (χ3v) is 6.60. The molecule has 1 aliphatic heterocycles. The number of rotatable bonds is 6. The maximum Gasteiger partial charge on any atom is 0.311 e. The van der Waals surface area contributed by atoms with Crippen LogP contribution < -0.4 is 0 Å². The number of hydrogen-bond acceptors (Lipinski definition) is 9. The molecule has 9 heteroatoms. The van der Waals surface area contributed by atoms with E-state index in [2.05, 4.69) is 0 Å². The quantitative estimate of drug-likeness (QED) is 0.295. The van der Waals surface area contributed by atoms with Crippen molar-refractivity contribution in [2.45, 2.75) is 121 Å². The van der Waals surface area contributed by atoms with Gasteiger partial charge in [-0.25, -0.2) is 0 Å². The van der Waals surface area contributed by atoms with Gasteiger partial charge in [0.25, 0.3) is 0 Å². The molecule has 0 unspecified atom stereocenters. The second kappa shape index (κ2) is 12.7. The molecule has 1 fully saturated rings. The van der Waals surface area contributed by atoms with Gasteiger partial charge in [-0.3, -0.25) is 19.2 Å². The molecule has 0 aliphatic carbocycles. The van der Waals surface area contributed by atoms with Gasteiger partial charge in [0.15, 0.2) is 18.3 Å². The molecule has 0 saturated carbocycles. The maximum absolute atomic E-state index is 13.4. The van der Waals surface area contributed by atoms with Crippen LogP contribution in [0.3, 0.4) is 0 Å². The molecule has 1 aliphatic rings. The number of aryl methyl sites for hydroxylation is 1. The summed E-state index contributed by atoms with van der Waals surface area (Å²) in [5.74, 6) is -2.21. The van der Waals surface area contributed by atoms with Crippen LogP contribution in [0.4, 0.5) is 0 Å². The number of carbonyl (C=O) groups excluding carboxylic acids is 4. The van der Waals surface area contributed by atoms with Crippen LogP contribution in [0.15, 0.2) is 24.3 Å². The van der Waals surface area contributed by atoms with E-state index in [1.54, 1.807) is 83.1 Å². The summed E-state index contributed by atoms with van der Waals surface area (Å²) in [6.07, 6.45) is -5.69. The van der Waals surface area contributed by atoms with Gasteiger partial charge in [-0.2, -0.15) is 0 Å². The standard InChI is InChI=1S/C33H50O9/c1-19-14-16-20(17-15-19)22-24(41-28(36)32(8,9)10)25(42-29(37)33(11,12)13)23(40-27(35)31(5,6)7)21(39-22)18-38-26(34)30(2,3)4/h14-17,21-25H,18H2,1-13H3/t21-,22+,23-,24+,25+/m1/s1. The molecule has 1 saturated heterocycles. The van der Waals surface area contributed by atoms with Gasteiger partial charge in [0, 0.05) is 0 Å².